The van der Waals surface area contributed by atoms with E-state index >= 15 is 0 Å². The third-order valence-electron chi connectivity index (χ3n) is 3.29. The first-order chi connectivity index (χ1) is 9.33. The standard InChI is InChI=1S/C15H17N3O/c1-3-7-14-16-17-15(19-14)12-10-18(4-2)13-9-6-5-8-11(12)13/h5-6,8-10H,3-4,7H2,1-2H3. The predicted molar refractivity (Wildman–Crippen MR) is 74.9 cm³/mol. The Balaban J connectivity index is 2.13. The van der Waals surface area contributed by atoms with Gasteiger partial charge in [0.25, 0.3) is 0 Å². The maximum atomic E-state index is 5.74. The lowest BCUT2D eigenvalue weighted by Gasteiger charge is -1.97. The van der Waals surface area contributed by atoms with Crippen molar-refractivity contribution < 1.29 is 4.42 Å². The Kier molecular flexibility index (Phi) is 3.07. The highest BCUT2D eigenvalue weighted by molar-refractivity contribution is 5.93. The second kappa shape index (κ2) is 4.88. The van der Waals surface area contributed by atoms with E-state index in [1.807, 2.05) is 6.07 Å². The van der Waals surface area contributed by atoms with Crippen molar-refractivity contribution in [2.75, 3.05) is 0 Å². The highest BCUT2D eigenvalue weighted by Gasteiger charge is 2.14. The molecular weight excluding hydrogens is 238 g/mol. The van der Waals surface area contributed by atoms with Gasteiger partial charge in [0.05, 0.1) is 5.56 Å². The van der Waals surface area contributed by atoms with E-state index in [1.165, 1.54) is 5.52 Å². The number of fused-ring (bicyclic) bond motifs is 1. The van der Waals surface area contributed by atoms with Crippen molar-refractivity contribution >= 4 is 10.9 Å². The molecule has 2 heterocycles. The first-order valence-corrected chi connectivity index (χ1v) is 6.74. The summed E-state index contributed by atoms with van der Waals surface area (Å²) in [6.07, 6.45) is 3.94. The second-order valence-electron chi connectivity index (χ2n) is 4.60. The highest BCUT2D eigenvalue weighted by Crippen LogP contribution is 2.29. The quantitative estimate of drug-likeness (QED) is 0.714. The van der Waals surface area contributed by atoms with Gasteiger partial charge < -0.3 is 8.98 Å². The number of nitrogens with zero attached hydrogens (tertiary/aromatic N) is 3. The lowest BCUT2D eigenvalue weighted by molar-refractivity contribution is 0.502. The van der Waals surface area contributed by atoms with E-state index in [0.29, 0.717) is 11.8 Å². The van der Waals surface area contributed by atoms with Crippen molar-refractivity contribution in [3.05, 3.63) is 36.4 Å². The smallest absolute Gasteiger partial charge is 0.249 e. The molecule has 0 saturated carbocycles. The Morgan fingerprint density at radius 2 is 2.00 bits per heavy atom. The minimum atomic E-state index is 0.617. The van der Waals surface area contributed by atoms with Crippen LogP contribution in [0.25, 0.3) is 22.4 Å². The van der Waals surface area contributed by atoms with Gasteiger partial charge in [-0.15, -0.1) is 10.2 Å². The number of aryl methyl sites for hydroxylation is 2. The maximum Gasteiger partial charge on any atom is 0.249 e. The molecule has 0 aliphatic carbocycles. The topological polar surface area (TPSA) is 43.9 Å². The summed E-state index contributed by atoms with van der Waals surface area (Å²) in [5.41, 5.74) is 2.22. The minimum Gasteiger partial charge on any atom is -0.421 e. The van der Waals surface area contributed by atoms with E-state index in [4.69, 9.17) is 4.42 Å². The molecule has 0 bridgehead atoms. The van der Waals surface area contributed by atoms with Gasteiger partial charge in [-0.25, -0.2) is 0 Å². The van der Waals surface area contributed by atoms with E-state index < -0.39 is 0 Å². The lowest BCUT2D eigenvalue weighted by atomic mass is 10.2. The number of hydrogen-bond donors (Lipinski definition) is 0. The van der Waals surface area contributed by atoms with E-state index in [2.05, 4.69) is 53.0 Å². The maximum absolute atomic E-state index is 5.74. The summed E-state index contributed by atoms with van der Waals surface area (Å²) in [6, 6.07) is 8.30. The molecule has 3 rings (SSSR count). The van der Waals surface area contributed by atoms with Gasteiger partial charge >= 0.3 is 0 Å². The molecule has 0 aliphatic heterocycles. The summed E-state index contributed by atoms with van der Waals surface area (Å²) in [4.78, 5) is 0. The third kappa shape index (κ3) is 2.03. The van der Waals surface area contributed by atoms with E-state index in [0.717, 1.165) is 30.3 Å². The molecular formula is C15H17N3O. The Labute approximate surface area is 112 Å². The van der Waals surface area contributed by atoms with Crippen LogP contribution in [0.15, 0.2) is 34.9 Å². The number of benzene rings is 1. The van der Waals surface area contributed by atoms with Crippen LogP contribution in [0.3, 0.4) is 0 Å². The number of rotatable bonds is 4. The van der Waals surface area contributed by atoms with E-state index in [-0.39, 0.29) is 0 Å². The zero-order valence-corrected chi connectivity index (χ0v) is 11.3. The molecule has 1 aromatic carbocycles. The minimum absolute atomic E-state index is 0.617. The van der Waals surface area contributed by atoms with E-state index in [9.17, 15) is 0 Å². The van der Waals surface area contributed by atoms with Crippen LogP contribution in [0.2, 0.25) is 0 Å². The first kappa shape index (κ1) is 12.0. The van der Waals surface area contributed by atoms with Gasteiger partial charge in [-0.3, -0.25) is 0 Å². The Hall–Kier alpha value is -2.10. The van der Waals surface area contributed by atoms with Crippen molar-refractivity contribution in [2.24, 2.45) is 0 Å². The molecule has 0 atom stereocenters. The SMILES string of the molecule is CCCc1nnc(-c2cn(CC)c3ccccc23)o1. The fraction of sp³-hybridized carbons (Fsp3) is 0.333. The monoisotopic (exact) mass is 255 g/mol. The zero-order valence-electron chi connectivity index (χ0n) is 11.3. The van der Waals surface area contributed by atoms with E-state index in [1.54, 1.807) is 0 Å². The molecule has 0 spiro atoms. The molecule has 4 heteroatoms. The molecule has 3 aromatic rings. The Bertz CT molecular complexity index is 696. The van der Waals surface area contributed by atoms with Gasteiger partial charge in [0.2, 0.25) is 11.8 Å². The van der Waals surface area contributed by atoms with Crippen LogP contribution in [0.1, 0.15) is 26.2 Å². The van der Waals surface area contributed by atoms with Gasteiger partial charge in [-0.1, -0.05) is 25.1 Å². The fourth-order valence-electron chi connectivity index (χ4n) is 2.36. The lowest BCUT2D eigenvalue weighted by Crippen LogP contribution is -1.89. The molecule has 0 N–H and O–H groups in total. The molecule has 98 valence electrons. The van der Waals surface area contributed by atoms with Crippen molar-refractivity contribution in [2.45, 2.75) is 33.2 Å². The van der Waals surface area contributed by atoms with Crippen molar-refractivity contribution in [1.82, 2.24) is 14.8 Å². The second-order valence-corrected chi connectivity index (χ2v) is 4.60. The van der Waals surface area contributed by atoms with Gasteiger partial charge in [-0.2, -0.15) is 0 Å². The first-order valence-electron chi connectivity index (χ1n) is 6.74. The van der Waals surface area contributed by atoms with Crippen molar-refractivity contribution in [1.29, 1.82) is 0 Å². The average molecular weight is 255 g/mol. The zero-order chi connectivity index (χ0) is 13.2. The molecule has 0 unspecified atom stereocenters. The summed E-state index contributed by atoms with van der Waals surface area (Å²) in [5, 5.41) is 9.43. The molecule has 19 heavy (non-hydrogen) atoms. The third-order valence-corrected chi connectivity index (χ3v) is 3.29. The summed E-state index contributed by atoms with van der Waals surface area (Å²) < 4.78 is 7.94. The van der Waals surface area contributed by atoms with Gasteiger partial charge in [0.15, 0.2) is 0 Å². The summed E-state index contributed by atoms with van der Waals surface area (Å²) in [5.74, 6) is 1.33. The summed E-state index contributed by atoms with van der Waals surface area (Å²) in [7, 11) is 0. The number of hydrogen-bond acceptors (Lipinski definition) is 3. The Morgan fingerprint density at radius 1 is 1.16 bits per heavy atom. The molecule has 0 radical (unpaired) electrons. The number of para-hydroxylation sites is 1. The molecule has 0 saturated heterocycles. The van der Waals surface area contributed by atoms with Crippen molar-refractivity contribution in [3.8, 4) is 11.5 Å². The largest absolute Gasteiger partial charge is 0.421 e. The fourth-order valence-corrected chi connectivity index (χ4v) is 2.36. The molecule has 4 nitrogen and oxygen atoms in total. The van der Waals surface area contributed by atoms with Crippen LogP contribution in [-0.4, -0.2) is 14.8 Å². The molecule has 0 fully saturated rings. The van der Waals surface area contributed by atoms with Gasteiger partial charge in [0, 0.05) is 30.1 Å². The van der Waals surface area contributed by atoms with Crippen molar-refractivity contribution in [3.63, 3.8) is 0 Å². The van der Waals surface area contributed by atoms with Gasteiger partial charge in [-0.05, 0) is 19.4 Å². The normalized spacial score (nSPS) is 11.3. The van der Waals surface area contributed by atoms with Crippen LogP contribution < -0.4 is 0 Å². The number of aromatic nitrogens is 3. The van der Waals surface area contributed by atoms with Gasteiger partial charge in [0.1, 0.15) is 0 Å². The van der Waals surface area contributed by atoms with Crippen LogP contribution in [-0.2, 0) is 13.0 Å². The highest BCUT2D eigenvalue weighted by atomic mass is 16.4. The molecule has 0 aliphatic rings. The summed E-state index contributed by atoms with van der Waals surface area (Å²) in [6.45, 7) is 5.16. The molecule has 0 amide bonds. The summed E-state index contributed by atoms with van der Waals surface area (Å²) >= 11 is 0. The van der Waals surface area contributed by atoms with Crippen LogP contribution in [0.5, 0.6) is 0 Å². The van der Waals surface area contributed by atoms with Crippen LogP contribution >= 0.6 is 0 Å². The van der Waals surface area contributed by atoms with Crippen LogP contribution in [0.4, 0.5) is 0 Å². The Morgan fingerprint density at radius 3 is 2.79 bits per heavy atom. The molecule has 2 aromatic heterocycles. The predicted octanol–water partition coefficient (Wildman–Crippen LogP) is 3.66. The average Bonchev–Trinajstić information content (AvgIpc) is 3.03. The van der Waals surface area contributed by atoms with Crippen LogP contribution in [0, 0.1) is 0 Å².